The highest BCUT2D eigenvalue weighted by Crippen LogP contribution is 2.79. The minimum Gasteiger partial charge on any atom is -0.328 e. The van der Waals surface area contributed by atoms with Gasteiger partial charge in [-0.15, -0.1) is 0 Å². The molecule has 4 aliphatic rings. The van der Waals surface area contributed by atoms with Crippen LogP contribution in [0.5, 0.6) is 0 Å². The minimum absolute atomic E-state index is 0.289. The number of allylic oxidation sites excluding steroid dienone is 1. The maximum atomic E-state index is 14.8. The summed E-state index contributed by atoms with van der Waals surface area (Å²) >= 11 is 0. The summed E-state index contributed by atoms with van der Waals surface area (Å²) in [6.07, 6.45) is 3.08. The Kier molecular flexibility index (Phi) is 3.84. The number of hydrogen-bond acceptors (Lipinski definition) is 1. The Balaban J connectivity index is 1.65. The lowest BCUT2D eigenvalue weighted by Gasteiger charge is -2.61. The van der Waals surface area contributed by atoms with E-state index in [1.54, 1.807) is 0 Å². The second kappa shape index (κ2) is 5.93. The Morgan fingerprint density at radius 2 is 1.63 bits per heavy atom. The van der Waals surface area contributed by atoms with Crippen LogP contribution in [0.25, 0.3) is 5.31 Å². The Bertz CT molecular complexity index is 947. The highest BCUT2D eigenvalue weighted by molar-refractivity contribution is 7.74. The third-order valence-electron chi connectivity index (χ3n) is 7.85. The minimum atomic E-state index is -2.56. The quantitative estimate of drug-likeness (QED) is 0.731. The molecule has 2 nitrogen and oxygen atoms in total. The van der Waals surface area contributed by atoms with Crippen LogP contribution in [0.15, 0.2) is 66.4 Å². The molecule has 3 fully saturated rings. The molecule has 3 N–H and O–H groups in total. The summed E-state index contributed by atoms with van der Waals surface area (Å²) in [5.74, 6) is 1.75. The van der Waals surface area contributed by atoms with Crippen molar-refractivity contribution in [3.63, 3.8) is 0 Å². The SMILES string of the molecule is CC1(C)[C@@H]2C[C@@H]3[C@@H](C([NH3+])=C(c4ccccc4)[P@]3(=O)Cc3ccccc3)[C@@H]1C2. The van der Waals surface area contributed by atoms with Crippen LogP contribution in [0.2, 0.25) is 0 Å². The van der Waals surface area contributed by atoms with Crippen LogP contribution >= 0.6 is 7.14 Å². The van der Waals surface area contributed by atoms with E-state index in [2.05, 4.69) is 68.1 Å². The monoisotopic (exact) mass is 378 g/mol. The van der Waals surface area contributed by atoms with Crippen LogP contribution in [-0.4, -0.2) is 5.66 Å². The molecule has 6 rings (SSSR count). The molecule has 0 spiro atoms. The van der Waals surface area contributed by atoms with Crippen molar-refractivity contribution in [2.45, 2.75) is 38.5 Å². The summed E-state index contributed by atoms with van der Waals surface area (Å²) < 4.78 is 14.8. The van der Waals surface area contributed by atoms with Crippen LogP contribution in [0.4, 0.5) is 0 Å². The van der Waals surface area contributed by atoms with Crippen molar-refractivity contribution in [3.05, 3.63) is 77.5 Å². The van der Waals surface area contributed by atoms with Crippen molar-refractivity contribution in [1.29, 1.82) is 0 Å². The van der Waals surface area contributed by atoms with Crippen LogP contribution in [0, 0.1) is 23.2 Å². The fourth-order valence-electron chi connectivity index (χ4n) is 6.29. The van der Waals surface area contributed by atoms with Gasteiger partial charge in [-0.1, -0.05) is 74.5 Å². The topological polar surface area (TPSA) is 44.7 Å². The number of benzene rings is 2. The molecule has 27 heavy (non-hydrogen) atoms. The fraction of sp³-hybridized carbons (Fsp3) is 0.417. The number of hydrogen-bond donors (Lipinski definition) is 1. The molecule has 2 aromatic carbocycles. The van der Waals surface area contributed by atoms with Crippen LogP contribution < -0.4 is 5.73 Å². The molecule has 3 heteroatoms. The molecule has 0 amide bonds. The molecule has 0 unspecified atom stereocenters. The molecule has 0 radical (unpaired) electrons. The van der Waals surface area contributed by atoms with Gasteiger partial charge < -0.3 is 10.3 Å². The summed E-state index contributed by atoms with van der Waals surface area (Å²) in [4.78, 5) is 0. The van der Waals surface area contributed by atoms with E-state index < -0.39 is 7.14 Å². The smallest absolute Gasteiger partial charge is 0.129 e. The van der Waals surface area contributed by atoms with E-state index in [-0.39, 0.29) is 5.66 Å². The van der Waals surface area contributed by atoms with Crippen molar-refractivity contribution >= 4 is 12.5 Å². The predicted molar refractivity (Wildman–Crippen MR) is 111 cm³/mol. The summed E-state index contributed by atoms with van der Waals surface area (Å²) in [7, 11) is -2.56. The molecule has 0 aromatic heterocycles. The van der Waals surface area contributed by atoms with Gasteiger partial charge >= 0.3 is 0 Å². The molecule has 5 atom stereocenters. The highest BCUT2D eigenvalue weighted by atomic mass is 31.2. The van der Waals surface area contributed by atoms with Crippen molar-refractivity contribution in [3.8, 4) is 0 Å². The molecule has 0 saturated heterocycles. The Morgan fingerprint density at radius 1 is 1.00 bits per heavy atom. The summed E-state index contributed by atoms with van der Waals surface area (Å²) in [6, 6.07) is 20.9. The molecule has 140 valence electrons. The van der Waals surface area contributed by atoms with Crippen molar-refractivity contribution in [2.24, 2.45) is 23.2 Å². The molecular weight excluding hydrogens is 349 g/mol. The van der Waals surface area contributed by atoms with Gasteiger partial charge in [0.1, 0.15) is 12.8 Å². The van der Waals surface area contributed by atoms with Crippen molar-refractivity contribution in [1.82, 2.24) is 0 Å². The van der Waals surface area contributed by atoms with Gasteiger partial charge in [0.05, 0.1) is 5.31 Å². The zero-order valence-corrected chi connectivity index (χ0v) is 17.2. The van der Waals surface area contributed by atoms with Crippen LogP contribution in [0.1, 0.15) is 37.8 Å². The zero-order chi connectivity index (χ0) is 18.8. The second-order valence-electron chi connectivity index (χ2n) is 9.37. The molecule has 1 heterocycles. The predicted octanol–water partition coefficient (Wildman–Crippen LogP) is 5.22. The van der Waals surface area contributed by atoms with E-state index in [0.717, 1.165) is 23.2 Å². The fourth-order valence-corrected chi connectivity index (χ4v) is 10.5. The molecular formula is C24H29NOP+. The van der Waals surface area contributed by atoms with Gasteiger partial charge in [-0.2, -0.15) is 0 Å². The normalized spacial score (nSPS) is 36.3. The van der Waals surface area contributed by atoms with E-state index in [9.17, 15) is 4.57 Å². The molecule has 3 saturated carbocycles. The summed E-state index contributed by atoms with van der Waals surface area (Å²) in [6.45, 7) is 4.83. The Labute approximate surface area is 162 Å². The third-order valence-corrected chi connectivity index (χ3v) is 11.6. The first kappa shape index (κ1) is 17.5. The lowest BCUT2D eigenvalue weighted by Crippen LogP contribution is -2.62. The second-order valence-corrected chi connectivity index (χ2v) is 12.4. The van der Waals surface area contributed by atoms with Gasteiger partial charge in [-0.05, 0) is 41.2 Å². The standard InChI is InChI=1S/C24H28NOP/c1-24(2)18-13-19(24)21-20(14-18)27(26,15-16-9-5-3-6-10-16)23(22(21)25)17-11-7-4-8-12-17/h3-12,18-21H,13-15,25H2,1-2H3/p+1/t18-,19-,20+,21-,27-/m0/s1. The van der Waals surface area contributed by atoms with Crippen LogP contribution in [0.3, 0.4) is 0 Å². The van der Waals surface area contributed by atoms with E-state index in [0.29, 0.717) is 23.4 Å². The average molecular weight is 378 g/mol. The Hall–Kier alpha value is -1.63. The molecule has 1 aliphatic heterocycles. The van der Waals surface area contributed by atoms with E-state index in [4.69, 9.17) is 0 Å². The largest absolute Gasteiger partial charge is 0.328 e. The molecule has 2 bridgehead atoms. The summed E-state index contributed by atoms with van der Waals surface area (Å²) in [5, 5.41) is 1.10. The Morgan fingerprint density at radius 3 is 2.26 bits per heavy atom. The lowest BCUT2D eigenvalue weighted by atomic mass is 9.45. The van der Waals surface area contributed by atoms with Gasteiger partial charge in [-0.25, -0.2) is 0 Å². The molecule has 3 aliphatic carbocycles. The van der Waals surface area contributed by atoms with Crippen LogP contribution in [-0.2, 0) is 10.7 Å². The van der Waals surface area contributed by atoms with Crippen molar-refractivity contribution in [2.75, 3.05) is 0 Å². The van der Waals surface area contributed by atoms with Gasteiger partial charge in [0, 0.05) is 17.7 Å². The van der Waals surface area contributed by atoms with Gasteiger partial charge in [0.15, 0.2) is 0 Å². The molecule has 2 aromatic rings. The first-order valence-electron chi connectivity index (χ1n) is 10.2. The van der Waals surface area contributed by atoms with Gasteiger partial charge in [0.25, 0.3) is 0 Å². The van der Waals surface area contributed by atoms with E-state index in [1.165, 1.54) is 17.7 Å². The van der Waals surface area contributed by atoms with Crippen molar-refractivity contribution < 1.29 is 10.3 Å². The highest BCUT2D eigenvalue weighted by Gasteiger charge is 2.66. The van der Waals surface area contributed by atoms with Gasteiger partial charge in [-0.3, -0.25) is 0 Å². The first-order valence-corrected chi connectivity index (χ1v) is 12.1. The number of rotatable bonds is 3. The third kappa shape index (κ3) is 2.39. The zero-order valence-electron chi connectivity index (χ0n) is 16.3. The number of quaternary nitrogens is 1. The van der Waals surface area contributed by atoms with Gasteiger partial charge in [0.2, 0.25) is 0 Å². The first-order chi connectivity index (χ1) is 12.9. The van der Waals surface area contributed by atoms with E-state index in [1.807, 2.05) is 12.1 Å². The average Bonchev–Trinajstić information content (AvgIpc) is 2.90. The summed E-state index contributed by atoms with van der Waals surface area (Å²) in [5.41, 5.74) is 8.73. The lowest BCUT2D eigenvalue weighted by molar-refractivity contribution is -0.324. The maximum Gasteiger partial charge on any atom is 0.129 e. The van der Waals surface area contributed by atoms with E-state index >= 15 is 0 Å². The maximum absolute atomic E-state index is 14.8.